The van der Waals surface area contributed by atoms with Crippen molar-refractivity contribution in [2.24, 2.45) is 5.92 Å². The Labute approximate surface area is 278 Å². The second-order valence-electron chi connectivity index (χ2n) is 13.1. The number of aromatic nitrogens is 4. The molecule has 0 aliphatic carbocycles. The van der Waals surface area contributed by atoms with Crippen LogP contribution in [0.4, 0.5) is 0 Å². The highest BCUT2D eigenvalue weighted by molar-refractivity contribution is 6.09. The van der Waals surface area contributed by atoms with E-state index in [1.54, 1.807) is 12.3 Å². The Bertz CT molecular complexity index is 2230. The number of pyridine rings is 1. The van der Waals surface area contributed by atoms with E-state index in [2.05, 4.69) is 105 Å². The topological polar surface area (TPSA) is 44.9 Å². The lowest BCUT2D eigenvalue weighted by atomic mass is 9.92. The Morgan fingerprint density at radius 3 is 2.40 bits per heavy atom. The summed E-state index contributed by atoms with van der Waals surface area (Å²) in [5.41, 5.74) is 8.74. The Morgan fingerprint density at radius 1 is 0.766 bits per heavy atom. The lowest BCUT2D eigenvalue weighted by Gasteiger charge is -2.13. The van der Waals surface area contributed by atoms with Crippen molar-refractivity contribution in [1.29, 1.82) is 0 Å². The van der Waals surface area contributed by atoms with Crippen molar-refractivity contribution >= 4 is 21.8 Å². The van der Waals surface area contributed by atoms with E-state index in [-0.39, 0.29) is 0 Å². The highest BCUT2D eigenvalue weighted by Crippen LogP contribution is 2.37. The van der Waals surface area contributed by atoms with E-state index in [0.29, 0.717) is 12.0 Å². The molecule has 5 heteroatoms. The molecule has 1 atom stereocenters. The summed E-state index contributed by atoms with van der Waals surface area (Å²) in [6.07, 6.45) is 5.36. The Kier molecular flexibility index (Phi) is 8.04. The lowest BCUT2D eigenvalue weighted by Crippen LogP contribution is -1.99. The van der Waals surface area contributed by atoms with Crippen LogP contribution in [0.1, 0.15) is 64.3 Å². The van der Waals surface area contributed by atoms with Crippen LogP contribution in [-0.4, -0.2) is 19.3 Å². The van der Waals surface area contributed by atoms with Crippen LogP contribution in [0.15, 0.2) is 115 Å². The van der Waals surface area contributed by atoms with E-state index >= 15 is 0 Å². The van der Waals surface area contributed by atoms with Crippen molar-refractivity contribution in [3.63, 3.8) is 0 Å². The highest BCUT2D eigenvalue weighted by Gasteiger charge is 2.18. The van der Waals surface area contributed by atoms with Gasteiger partial charge in [-0.25, -0.2) is 9.67 Å². The third-order valence-electron chi connectivity index (χ3n) is 9.22. The number of nitrogens with zero attached hydrogens (tertiary/aromatic N) is 4. The maximum absolute atomic E-state index is 8.31. The minimum atomic E-state index is 0.425. The summed E-state index contributed by atoms with van der Waals surface area (Å²) < 4.78 is 19.0. The Morgan fingerprint density at radius 2 is 1.60 bits per heavy atom. The predicted molar refractivity (Wildman–Crippen MR) is 194 cm³/mol. The van der Waals surface area contributed by atoms with Crippen molar-refractivity contribution in [3.8, 4) is 34.1 Å². The summed E-state index contributed by atoms with van der Waals surface area (Å²) in [7, 11) is 0. The molecule has 3 heterocycles. The number of rotatable bonds is 10. The van der Waals surface area contributed by atoms with Gasteiger partial charge in [0.25, 0.3) is 0 Å². The van der Waals surface area contributed by atoms with Gasteiger partial charge >= 0.3 is 0 Å². The first-order valence-corrected chi connectivity index (χ1v) is 16.7. The smallest absolute Gasteiger partial charge is 0.137 e. The maximum Gasteiger partial charge on any atom is 0.137 e. The molecule has 0 saturated carbocycles. The van der Waals surface area contributed by atoms with Gasteiger partial charge in [-0.3, -0.25) is 4.57 Å². The summed E-state index contributed by atoms with van der Waals surface area (Å²) in [5.74, 6) is 3.38. The molecule has 5 nitrogen and oxygen atoms in total. The highest BCUT2D eigenvalue weighted by atomic mass is 16.5. The first-order chi connectivity index (χ1) is 23.3. The van der Waals surface area contributed by atoms with Gasteiger partial charge in [0.15, 0.2) is 0 Å². The van der Waals surface area contributed by atoms with Crippen LogP contribution in [0.2, 0.25) is 0 Å². The van der Waals surface area contributed by atoms with Gasteiger partial charge in [0.05, 0.1) is 23.8 Å². The van der Waals surface area contributed by atoms with Crippen LogP contribution in [0.5, 0.6) is 11.5 Å². The molecular weight excluding hydrogens is 576 g/mol. The zero-order chi connectivity index (χ0) is 33.4. The molecular formula is C42H42N4O. The van der Waals surface area contributed by atoms with E-state index in [4.69, 9.17) is 11.2 Å². The maximum atomic E-state index is 8.31. The minimum absolute atomic E-state index is 0.425. The van der Waals surface area contributed by atoms with Gasteiger partial charge in [-0.2, -0.15) is 5.10 Å². The molecule has 236 valence electrons. The molecule has 7 aromatic rings. The average Bonchev–Trinajstić information content (AvgIpc) is 3.57. The fourth-order valence-corrected chi connectivity index (χ4v) is 6.80. The van der Waals surface area contributed by atoms with Crippen LogP contribution in [0.3, 0.4) is 0 Å². The molecule has 0 aliphatic rings. The quantitative estimate of drug-likeness (QED) is 0.153. The third-order valence-corrected chi connectivity index (χ3v) is 9.22. The largest absolute Gasteiger partial charge is 0.457 e. The summed E-state index contributed by atoms with van der Waals surface area (Å²) in [4.78, 5) is 4.69. The number of hydrogen-bond acceptors (Lipinski definition) is 3. The Hall–Kier alpha value is -5.16. The molecule has 0 radical (unpaired) electrons. The third kappa shape index (κ3) is 6.06. The lowest BCUT2D eigenvalue weighted by molar-refractivity contribution is 0.482. The molecule has 0 spiro atoms. The van der Waals surface area contributed by atoms with Gasteiger partial charge in [0.2, 0.25) is 0 Å². The molecule has 1 unspecified atom stereocenters. The summed E-state index contributed by atoms with van der Waals surface area (Å²) >= 11 is 0. The summed E-state index contributed by atoms with van der Waals surface area (Å²) in [5, 5.41) is 7.22. The van der Waals surface area contributed by atoms with Crippen LogP contribution >= 0.6 is 0 Å². The van der Waals surface area contributed by atoms with Crippen LogP contribution in [0.25, 0.3) is 44.4 Å². The van der Waals surface area contributed by atoms with Gasteiger partial charge in [0, 0.05) is 40.4 Å². The summed E-state index contributed by atoms with van der Waals surface area (Å²) in [6, 6.07) is 35.5. The molecule has 0 N–H and O–H groups in total. The van der Waals surface area contributed by atoms with Crippen molar-refractivity contribution < 1.29 is 6.11 Å². The van der Waals surface area contributed by atoms with E-state index in [1.807, 2.05) is 41.1 Å². The molecule has 7 rings (SSSR count). The molecule has 0 amide bonds. The minimum Gasteiger partial charge on any atom is -0.457 e. The molecule has 0 fully saturated rings. The van der Waals surface area contributed by atoms with Gasteiger partial charge < -0.3 is 4.74 Å². The number of hydrogen-bond donors (Lipinski definition) is 0. The molecule has 0 aliphatic heterocycles. The van der Waals surface area contributed by atoms with Crippen LogP contribution in [-0.2, 0) is 0 Å². The second kappa shape index (κ2) is 12.9. The number of aryl methyl sites for hydroxylation is 1. The zero-order valence-corrected chi connectivity index (χ0v) is 27.9. The number of benzene rings is 4. The number of ether oxygens (including phenoxy) is 1. The van der Waals surface area contributed by atoms with Crippen molar-refractivity contribution in [1.82, 2.24) is 19.3 Å². The molecule has 3 aromatic heterocycles. The summed E-state index contributed by atoms with van der Waals surface area (Å²) in [6.45, 7) is 11.1. The molecule has 47 heavy (non-hydrogen) atoms. The molecule has 0 saturated heterocycles. The first-order valence-electron chi connectivity index (χ1n) is 17.2. The van der Waals surface area contributed by atoms with Crippen LogP contribution < -0.4 is 4.74 Å². The molecule has 4 aromatic carbocycles. The van der Waals surface area contributed by atoms with Crippen molar-refractivity contribution in [3.05, 3.63) is 132 Å². The van der Waals surface area contributed by atoms with Gasteiger partial charge in [-0.05, 0) is 91.8 Å². The van der Waals surface area contributed by atoms with Crippen molar-refractivity contribution in [2.75, 3.05) is 0 Å². The predicted octanol–water partition coefficient (Wildman–Crippen LogP) is 11.4. The zero-order valence-electron chi connectivity index (χ0n) is 28.9. The fourth-order valence-electron chi connectivity index (χ4n) is 6.80. The first kappa shape index (κ1) is 29.3. The van der Waals surface area contributed by atoms with E-state index in [0.717, 1.165) is 67.9 Å². The van der Waals surface area contributed by atoms with Gasteiger partial charge in [-0.1, -0.05) is 82.1 Å². The normalized spacial score (nSPS) is 12.6. The van der Waals surface area contributed by atoms with E-state index in [9.17, 15) is 0 Å². The fraction of sp³-hybridized carbons (Fsp3) is 0.238. The Balaban J connectivity index is 1.26. The average molecular weight is 620 g/mol. The van der Waals surface area contributed by atoms with E-state index in [1.165, 1.54) is 30.2 Å². The standard InChI is InChI=1S/C42H42N4O/c1-28(2)13-11-14-29(3)33-20-23-39-38(25-33)37-22-21-36(27-40(37)45(39)41-19-9-10-24-43-41)47-35-18-12-17-34(26-35)46-31(5)42(30(4)44-46)32-15-7-6-8-16-32/h6-10,12,15-29H,11,13-14H2,1-5H3/i9D. The molecule has 0 bridgehead atoms. The number of fused-ring (bicyclic) bond motifs is 3. The van der Waals surface area contributed by atoms with Gasteiger partial charge in [-0.15, -0.1) is 0 Å². The van der Waals surface area contributed by atoms with Gasteiger partial charge in [0.1, 0.15) is 17.3 Å². The monoisotopic (exact) mass is 619 g/mol. The van der Waals surface area contributed by atoms with E-state index < -0.39 is 0 Å². The SMILES string of the molecule is [2H]c1ccnc(-n2c3ccc(C(C)CCCC(C)C)cc3c3ccc(Oc4cccc(-n5nc(C)c(-c6ccccc6)c5C)c4)cc32)c1. The second-order valence-corrected chi connectivity index (χ2v) is 13.1. The van der Waals surface area contributed by atoms with Crippen molar-refractivity contribution in [2.45, 2.75) is 59.8 Å². The van der Waals surface area contributed by atoms with Crippen LogP contribution in [0, 0.1) is 19.8 Å².